The second-order valence-electron chi connectivity index (χ2n) is 6.19. The maximum atomic E-state index is 5.33. The number of aromatic nitrogens is 2. The van der Waals surface area contributed by atoms with Crippen LogP contribution in [0.5, 0.6) is 0 Å². The van der Waals surface area contributed by atoms with Crippen LogP contribution in [-0.4, -0.2) is 41.2 Å². The molecule has 1 aromatic carbocycles. The van der Waals surface area contributed by atoms with E-state index < -0.39 is 0 Å². The van der Waals surface area contributed by atoms with Crippen molar-refractivity contribution in [3.05, 3.63) is 52.5 Å². The van der Waals surface area contributed by atoms with Gasteiger partial charge >= 0.3 is 0 Å². The first-order valence-electron chi connectivity index (χ1n) is 8.13. The quantitative estimate of drug-likeness (QED) is 0.687. The minimum atomic E-state index is 0.832. The van der Waals surface area contributed by atoms with Gasteiger partial charge < -0.3 is 9.42 Å². The first-order chi connectivity index (χ1) is 11.7. The lowest BCUT2D eigenvalue weighted by atomic mass is 10.1. The Morgan fingerprint density at radius 1 is 1.12 bits per heavy atom. The molecule has 1 aliphatic rings. The van der Waals surface area contributed by atoms with Gasteiger partial charge in [0, 0.05) is 54.0 Å². The summed E-state index contributed by atoms with van der Waals surface area (Å²) in [6.45, 7) is 6.82. The van der Waals surface area contributed by atoms with Crippen molar-refractivity contribution >= 4 is 32.5 Å². The van der Waals surface area contributed by atoms with Crippen LogP contribution >= 0.6 is 15.9 Å². The van der Waals surface area contributed by atoms with E-state index in [0.29, 0.717) is 0 Å². The van der Waals surface area contributed by atoms with Crippen molar-refractivity contribution in [3.8, 4) is 0 Å². The van der Waals surface area contributed by atoms with Crippen molar-refractivity contribution in [3.63, 3.8) is 0 Å². The van der Waals surface area contributed by atoms with E-state index in [1.807, 2.05) is 19.2 Å². The van der Waals surface area contributed by atoms with Gasteiger partial charge in [-0.2, -0.15) is 0 Å². The third kappa shape index (κ3) is 3.16. The molecular formula is C18H19BrN4O. The van der Waals surface area contributed by atoms with Gasteiger partial charge in [0.1, 0.15) is 0 Å². The van der Waals surface area contributed by atoms with E-state index in [4.69, 9.17) is 4.52 Å². The molecule has 1 saturated heterocycles. The highest BCUT2D eigenvalue weighted by molar-refractivity contribution is 9.10. The molecule has 0 N–H and O–H groups in total. The Kier molecular flexibility index (Phi) is 4.24. The Morgan fingerprint density at radius 2 is 1.96 bits per heavy atom. The molecule has 0 amide bonds. The zero-order valence-corrected chi connectivity index (χ0v) is 15.2. The fraction of sp³-hybridized carbons (Fsp3) is 0.333. The molecule has 124 valence electrons. The van der Waals surface area contributed by atoms with Crippen LogP contribution < -0.4 is 4.90 Å². The molecule has 0 radical (unpaired) electrons. The third-order valence-electron chi connectivity index (χ3n) is 4.45. The predicted octanol–water partition coefficient (Wildman–Crippen LogP) is 3.62. The molecular weight excluding hydrogens is 368 g/mol. The summed E-state index contributed by atoms with van der Waals surface area (Å²) in [6, 6.07) is 10.4. The van der Waals surface area contributed by atoms with Gasteiger partial charge in [-0.3, -0.25) is 9.88 Å². The van der Waals surface area contributed by atoms with Crippen LogP contribution in [0.2, 0.25) is 0 Å². The SMILES string of the molecule is Cc1cc(CN2CCN(c3ccnc4cc(Br)ccc34)CC2)on1. The van der Waals surface area contributed by atoms with Crippen molar-refractivity contribution in [2.24, 2.45) is 0 Å². The predicted molar refractivity (Wildman–Crippen MR) is 98.2 cm³/mol. The summed E-state index contributed by atoms with van der Waals surface area (Å²) in [6.07, 6.45) is 1.90. The number of nitrogens with zero attached hydrogens (tertiary/aromatic N) is 4. The molecule has 0 aliphatic carbocycles. The Morgan fingerprint density at radius 3 is 2.71 bits per heavy atom. The molecule has 1 fully saturated rings. The Bertz CT molecular complexity index is 855. The summed E-state index contributed by atoms with van der Waals surface area (Å²) >= 11 is 3.52. The highest BCUT2D eigenvalue weighted by atomic mass is 79.9. The van der Waals surface area contributed by atoms with Crippen molar-refractivity contribution in [2.75, 3.05) is 31.1 Å². The van der Waals surface area contributed by atoms with E-state index in [1.165, 1.54) is 11.1 Å². The molecule has 0 saturated carbocycles. The average Bonchev–Trinajstić information content (AvgIpc) is 3.00. The number of anilines is 1. The third-order valence-corrected chi connectivity index (χ3v) is 4.94. The lowest BCUT2D eigenvalue weighted by molar-refractivity contribution is 0.219. The van der Waals surface area contributed by atoms with Gasteiger partial charge in [-0.25, -0.2) is 0 Å². The number of pyridine rings is 1. The fourth-order valence-corrected chi connectivity index (χ4v) is 3.59. The van der Waals surface area contributed by atoms with Crippen molar-refractivity contribution < 1.29 is 4.52 Å². The number of piperazine rings is 1. The molecule has 3 aromatic rings. The van der Waals surface area contributed by atoms with Gasteiger partial charge in [-0.05, 0) is 31.2 Å². The van der Waals surface area contributed by atoms with E-state index in [1.54, 1.807) is 0 Å². The number of rotatable bonds is 3. The molecule has 0 spiro atoms. The summed E-state index contributed by atoms with van der Waals surface area (Å²) < 4.78 is 6.39. The fourth-order valence-electron chi connectivity index (χ4n) is 3.24. The molecule has 2 aromatic heterocycles. The minimum absolute atomic E-state index is 0.832. The molecule has 4 rings (SSSR count). The monoisotopic (exact) mass is 386 g/mol. The molecule has 0 atom stereocenters. The van der Waals surface area contributed by atoms with Crippen molar-refractivity contribution in [1.82, 2.24) is 15.0 Å². The van der Waals surface area contributed by atoms with Gasteiger partial charge in [0.2, 0.25) is 0 Å². The topological polar surface area (TPSA) is 45.4 Å². The van der Waals surface area contributed by atoms with Crippen LogP contribution in [0.3, 0.4) is 0 Å². The van der Waals surface area contributed by atoms with E-state index in [9.17, 15) is 0 Å². The van der Waals surface area contributed by atoms with E-state index >= 15 is 0 Å². The summed E-state index contributed by atoms with van der Waals surface area (Å²) in [5, 5.41) is 5.17. The van der Waals surface area contributed by atoms with Gasteiger partial charge in [0.15, 0.2) is 5.76 Å². The van der Waals surface area contributed by atoms with E-state index in [2.05, 4.69) is 60.1 Å². The largest absolute Gasteiger partial charge is 0.368 e. The standard InChI is InChI=1S/C18H19BrN4O/c1-13-10-15(24-21-13)12-22-6-8-23(9-7-22)18-4-5-20-17-11-14(19)2-3-16(17)18/h2-5,10-11H,6-9,12H2,1H3. The second kappa shape index (κ2) is 6.53. The van der Waals surface area contributed by atoms with Gasteiger partial charge in [-0.15, -0.1) is 0 Å². The van der Waals surface area contributed by atoms with Crippen molar-refractivity contribution in [1.29, 1.82) is 0 Å². The van der Waals surface area contributed by atoms with Crippen LogP contribution in [0.4, 0.5) is 5.69 Å². The van der Waals surface area contributed by atoms with Gasteiger partial charge in [-0.1, -0.05) is 21.1 Å². The summed E-state index contributed by atoms with van der Waals surface area (Å²) in [5.41, 5.74) is 3.24. The summed E-state index contributed by atoms with van der Waals surface area (Å²) in [7, 11) is 0. The maximum Gasteiger partial charge on any atom is 0.150 e. The smallest absolute Gasteiger partial charge is 0.150 e. The van der Waals surface area contributed by atoms with Crippen LogP contribution in [0.1, 0.15) is 11.5 Å². The van der Waals surface area contributed by atoms with Crippen molar-refractivity contribution in [2.45, 2.75) is 13.5 Å². The number of benzene rings is 1. The Labute approximate surface area is 149 Å². The number of aryl methyl sites for hydroxylation is 1. The highest BCUT2D eigenvalue weighted by Gasteiger charge is 2.20. The first kappa shape index (κ1) is 15.6. The summed E-state index contributed by atoms with van der Waals surface area (Å²) in [5.74, 6) is 0.945. The van der Waals surface area contributed by atoms with Gasteiger partial charge in [0.05, 0.1) is 17.8 Å². The van der Waals surface area contributed by atoms with Crippen LogP contribution in [0.15, 0.2) is 45.5 Å². The van der Waals surface area contributed by atoms with E-state index in [-0.39, 0.29) is 0 Å². The van der Waals surface area contributed by atoms with Gasteiger partial charge in [0.25, 0.3) is 0 Å². The Hall–Kier alpha value is -1.92. The molecule has 3 heterocycles. The number of fused-ring (bicyclic) bond motifs is 1. The highest BCUT2D eigenvalue weighted by Crippen LogP contribution is 2.28. The summed E-state index contributed by atoms with van der Waals surface area (Å²) in [4.78, 5) is 9.34. The zero-order valence-electron chi connectivity index (χ0n) is 13.6. The molecule has 5 nitrogen and oxygen atoms in total. The molecule has 1 aliphatic heterocycles. The lowest BCUT2D eigenvalue weighted by Gasteiger charge is -2.36. The van der Waals surface area contributed by atoms with E-state index in [0.717, 1.165) is 54.2 Å². The molecule has 6 heteroatoms. The molecule has 0 unspecified atom stereocenters. The number of hydrogen-bond acceptors (Lipinski definition) is 5. The molecule has 0 bridgehead atoms. The zero-order chi connectivity index (χ0) is 16.5. The van der Waals surface area contributed by atoms with Crippen LogP contribution in [0.25, 0.3) is 10.9 Å². The average molecular weight is 387 g/mol. The lowest BCUT2D eigenvalue weighted by Crippen LogP contribution is -2.46. The van der Waals surface area contributed by atoms with Crippen LogP contribution in [-0.2, 0) is 6.54 Å². The molecule has 24 heavy (non-hydrogen) atoms. The second-order valence-corrected chi connectivity index (χ2v) is 7.11. The maximum absolute atomic E-state index is 5.33. The Balaban J connectivity index is 1.48. The van der Waals surface area contributed by atoms with Crippen LogP contribution in [0, 0.1) is 6.92 Å². The minimum Gasteiger partial charge on any atom is -0.368 e. The number of halogens is 1. The number of hydrogen-bond donors (Lipinski definition) is 0. The normalized spacial score (nSPS) is 16.0. The first-order valence-corrected chi connectivity index (χ1v) is 8.92.